The fourth-order valence-electron chi connectivity index (χ4n) is 2.90. The van der Waals surface area contributed by atoms with Gasteiger partial charge in [-0.05, 0) is 47.1 Å². The summed E-state index contributed by atoms with van der Waals surface area (Å²) in [6, 6.07) is 8.06. The van der Waals surface area contributed by atoms with Gasteiger partial charge in [-0.15, -0.1) is 0 Å². The van der Waals surface area contributed by atoms with Gasteiger partial charge in [-0.2, -0.15) is 0 Å². The van der Waals surface area contributed by atoms with Gasteiger partial charge in [0.1, 0.15) is 5.82 Å². The Morgan fingerprint density at radius 3 is 2.71 bits per heavy atom. The minimum absolute atomic E-state index is 0.00504. The van der Waals surface area contributed by atoms with Crippen LogP contribution in [0.3, 0.4) is 0 Å². The molecule has 2 aromatic rings. The second kappa shape index (κ2) is 6.60. The van der Waals surface area contributed by atoms with Crippen LogP contribution in [0, 0.1) is 3.57 Å². The minimum atomic E-state index is -0.00504. The molecular weight excluding hydrogens is 443 g/mol. The quantitative estimate of drug-likeness (QED) is 0.693. The molecule has 3 rings (SSSR count). The third-order valence-electron chi connectivity index (χ3n) is 4.00. The first-order chi connectivity index (χ1) is 10.1. The van der Waals surface area contributed by atoms with Crippen LogP contribution in [0.5, 0.6) is 0 Å². The van der Waals surface area contributed by atoms with Crippen molar-refractivity contribution in [2.24, 2.45) is 0 Å². The SMILES string of the molecule is O=c1[nH]c(Cc2ccccc2Br)nc(C2CCCC2)c1I. The number of aromatic nitrogens is 2. The molecule has 1 fully saturated rings. The number of aromatic amines is 1. The highest BCUT2D eigenvalue weighted by molar-refractivity contribution is 14.1. The lowest BCUT2D eigenvalue weighted by Gasteiger charge is -2.12. The van der Waals surface area contributed by atoms with E-state index in [1.54, 1.807) is 0 Å². The lowest BCUT2D eigenvalue weighted by molar-refractivity contribution is 0.676. The van der Waals surface area contributed by atoms with Gasteiger partial charge in [0.25, 0.3) is 5.56 Å². The first-order valence-electron chi connectivity index (χ1n) is 7.17. The summed E-state index contributed by atoms with van der Waals surface area (Å²) in [5, 5.41) is 0. The number of halogens is 2. The Morgan fingerprint density at radius 2 is 2.00 bits per heavy atom. The van der Waals surface area contributed by atoms with Crippen molar-refractivity contribution in [1.29, 1.82) is 0 Å². The molecule has 0 saturated heterocycles. The predicted molar refractivity (Wildman–Crippen MR) is 95.7 cm³/mol. The van der Waals surface area contributed by atoms with Gasteiger partial charge < -0.3 is 4.98 Å². The summed E-state index contributed by atoms with van der Waals surface area (Å²) in [5.74, 6) is 1.21. The number of nitrogens with zero attached hydrogens (tertiary/aromatic N) is 1. The summed E-state index contributed by atoms with van der Waals surface area (Å²) in [4.78, 5) is 19.9. The van der Waals surface area contributed by atoms with E-state index in [4.69, 9.17) is 4.98 Å². The van der Waals surface area contributed by atoms with E-state index in [2.05, 4.69) is 49.6 Å². The van der Waals surface area contributed by atoms with Gasteiger partial charge in [-0.3, -0.25) is 4.79 Å². The normalized spacial score (nSPS) is 15.5. The van der Waals surface area contributed by atoms with Crippen molar-refractivity contribution in [3.63, 3.8) is 0 Å². The van der Waals surface area contributed by atoms with Crippen LogP contribution in [-0.2, 0) is 6.42 Å². The van der Waals surface area contributed by atoms with E-state index in [1.807, 2.05) is 18.2 Å². The molecule has 1 aliphatic rings. The van der Waals surface area contributed by atoms with Crippen molar-refractivity contribution < 1.29 is 0 Å². The first kappa shape index (κ1) is 15.2. The van der Waals surface area contributed by atoms with Gasteiger partial charge in [0, 0.05) is 16.8 Å². The molecule has 1 saturated carbocycles. The second-order valence-corrected chi connectivity index (χ2v) is 7.39. The first-order valence-corrected chi connectivity index (χ1v) is 9.04. The molecule has 5 heteroatoms. The highest BCUT2D eigenvalue weighted by Crippen LogP contribution is 2.34. The van der Waals surface area contributed by atoms with Crippen LogP contribution >= 0.6 is 38.5 Å². The topological polar surface area (TPSA) is 45.8 Å². The molecule has 21 heavy (non-hydrogen) atoms. The van der Waals surface area contributed by atoms with Crippen LogP contribution < -0.4 is 5.56 Å². The Morgan fingerprint density at radius 1 is 1.29 bits per heavy atom. The van der Waals surface area contributed by atoms with Crippen molar-refractivity contribution in [2.45, 2.75) is 38.0 Å². The van der Waals surface area contributed by atoms with Crippen molar-refractivity contribution in [3.8, 4) is 0 Å². The Bertz CT molecular complexity index is 708. The van der Waals surface area contributed by atoms with Crippen molar-refractivity contribution >= 4 is 38.5 Å². The summed E-state index contributed by atoms with van der Waals surface area (Å²) in [7, 11) is 0. The third kappa shape index (κ3) is 3.39. The molecule has 1 aromatic carbocycles. The van der Waals surface area contributed by atoms with E-state index in [0.717, 1.165) is 38.0 Å². The summed E-state index contributed by atoms with van der Waals surface area (Å²) >= 11 is 5.68. The van der Waals surface area contributed by atoms with E-state index < -0.39 is 0 Å². The summed E-state index contributed by atoms with van der Waals surface area (Å²) in [6.45, 7) is 0. The van der Waals surface area contributed by atoms with Crippen molar-refractivity contribution in [3.05, 3.63) is 59.7 Å². The number of benzene rings is 1. The smallest absolute Gasteiger partial charge is 0.264 e. The van der Waals surface area contributed by atoms with E-state index in [0.29, 0.717) is 12.3 Å². The van der Waals surface area contributed by atoms with Gasteiger partial charge in [0.15, 0.2) is 0 Å². The Labute approximate surface area is 145 Å². The third-order valence-corrected chi connectivity index (χ3v) is 5.81. The Hall–Kier alpha value is -0.690. The zero-order valence-electron chi connectivity index (χ0n) is 11.5. The number of H-pyrrole nitrogens is 1. The fraction of sp³-hybridized carbons (Fsp3) is 0.375. The highest BCUT2D eigenvalue weighted by atomic mass is 127. The van der Waals surface area contributed by atoms with Crippen molar-refractivity contribution in [1.82, 2.24) is 9.97 Å². The van der Waals surface area contributed by atoms with Crippen LogP contribution in [0.25, 0.3) is 0 Å². The monoisotopic (exact) mass is 458 g/mol. The molecular formula is C16H16BrIN2O. The molecule has 1 aliphatic carbocycles. The summed E-state index contributed by atoms with van der Waals surface area (Å²) in [5.41, 5.74) is 2.13. The maximum Gasteiger partial charge on any atom is 0.264 e. The average molecular weight is 459 g/mol. The van der Waals surface area contributed by atoms with E-state index in [1.165, 1.54) is 12.8 Å². The van der Waals surface area contributed by atoms with E-state index >= 15 is 0 Å². The zero-order chi connectivity index (χ0) is 14.8. The zero-order valence-corrected chi connectivity index (χ0v) is 15.3. The average Bonchev–Trinajstić information content (AvgIpc) is 2.99. The molecule has 0 unspecified atom stereocenters. The van der Waals surface area contributed by atoms with Gasteiger partial charge >= 0.3 is 0 Å². The molecule has 1 N–H and O–H groups in total. The van der Waals surface area contributed by atoms with Crippen LogP contribution in [0.1, 0.15) is 48.7 Å². The van der Waals surface area contributed by atoms with Crippen LogP contribution in [0.2, 0.25) is 0 Å². The second-order valence-electron chi connectivity index (χ2n) is 5.46. The molecule has 0 atom stereocenters. The van der Waals surface area contributed by atoms with Crippen LogP contribution in [0.4, 0.5) is 0 Å². The number of rotatable bonds is 3. The van der Waals surface area contributed by atoms with E-state index in [-0.39, 0.29) is 5.56 Å². The van der Waals surface area contributed by atoms with E-state index in [9.17, 15) is 4.79 Å². The fourth-order valence-corrected chi connectivity index (χ4v) is 4.02. The largest absolute Gasteiger partial charge is 0.309 e. The summed E-state index contributed by atoms with van der Waals surface area (Å²) in [6.07, 6.45) is 5.44. The highest BCUT2D eigenvalue weighted by Gasteiger charge is 2.23. The molecule has 0 spiro atoms. The molecule has 110 valence electrons. The number of hydrogen-bond acceptors (Lipinski definition) is 2. The van der Waals surface area contributed by atoms with Gasteiger partial charge in [-0.25, -0.2) is 4.98 Å². The molecule has 0 bridgehead atoms. The summed E-state index contributed by atoms with van der Waals surface area (Å²) < 4.78 is 1.81. The lowest BCUT2D eigenvalue weighted by atomic mass is 10.0. The number of hydrogen-bond donors (Lipinski definition) is 1. The van der Waals surface area contributed by atoms with Gasteiger partial charge in [0.05, 0.1) is 9.26 Å². The Kier molecular flexibility index (Phi) is 4.78. The van der Waals surface area contributed by atoms with Gasteiger partial charge in [0.2, 0.25) is 0 Å². The van der Waals surface area contributed by atoms with Crippen molar-refractivity contribution in [2.75, 3.05) is 0 Å². The minimum Gasteiger partial charge on any atom is -0.309 e. The standard InChI is InChI=1S/C16H16BrIN2O/c17-12-8-4-3-7-11(12)9-13-19-15(10-5-1-2-6-10)14(18)16(21)20-13/h3-4,7-8,10H,1-2,5-6,9H2,(H,19,20,21). The maximum absolute atomic E-state index is 12.2. The lowest BCUT2D eigenvalue weighted by Crippen LogP contribution is -2.19. The number of nitrogens with one attached hydrogen (secondary N) is 1. The van der Waals surface area contributed by atoms with Gasteiger partial charge in [-0.1, -0.05) is 47.0 Å². The Balaban J connectivity index is 1.96. The maximum atomic E-state index is 12.2. The molecule has 1 aromatic heterocycles. The van der Waals surface area contributed by atoms with Crippen LogP contribution in [-0.4, -0.2) is 9.97 Å². The molecule has 3 nitrogen and oxygen atoms in total. The molecule has 0 aliphatic heterocycles. The molecule has 0 amide bonds. The molecule has 1 heterocycles. The van der Waals surface area contributed by atoms with Crippen LogP contribution in [0.15, 0.2) is 33.5 Å². The molecule has 0 radical (unpaired) electrons. The predicted octanol–water partition coefficient (Wildman–Crippen LogP) is 4.39.